The second-order valence-electron chi connectivity index (χ2n) is 5.06. The zero-order chi connectivity index (χ0) is 12.6. The molecule has 0 spiro atoms. The first kappa shape index (κ1) is 12.5. The van der Waals surface area contributed by atoms with E-state index in [-0.39, 0.29) is 11.6 Å². The van der Waals surface area contributed by atoms with E-state index in [0.29, 0.717) is 12.1 Å². The summed E-state index contributed by atoms with van der Waals surface area (Å²) in [6, 6.07) is 3.68. The molecule has 0 bridgehead atoms. The molecule has 1 aliphatic heterocycles. The van der Waals surface area contributed by atoms with Gasteiger partial charge in [0.05, 0.1) is 5.54 Å². The number of hydrogen-bond acceptors (Lipinski definition) is 2. The summed E-state index contributed by atoms with van der Waals surface area (Å²) in [5.41, 5.74) is -0.0364. The Labute approximate surface area is 101 Å². The van der Waals surface area contributed by atoms with Gasteiger partial charge in [-0.15, -0.1) is 0 Å². The first-order chi connectivity index (χ1) is 7.93. The van der Waals surface area contributed by atoms with Crippen LogP contribution in [0.15, 0.2) is 18.2 Å². The molecule has 1 unspecified atom stereocenters. The number of rotatable bonds is 1. The standard InChI is InChI=1S/C13H18F2N2/c1-13(9-16(2)6-7-17(13)3)11-8-10(14)4-5-12(11)15/h4-5,8H,6-7,9H2,1-3H3. The molecule has 0 saturated carbocycles. The van der Waals surface area contributed by atoms with Gasteiger partial charge in [0.15, 0.2) is 0 Å². The minimum Gasteiger partial charge on any atom is -0.303 e. The van der Waals surface area contributed by atoms with Crippen LogP contribution in [0.3, 0.4) is 0 Å². The average molecular weight is 240 g/mol. The molecule has 1 aromatic rings. The Balaban J connectivity index is 2.45. The Kier molecular flexibility index (Phi) is 3.19. The molecular formula is C13H18F2N2. The highest BCUT2D eigenvalue weighted by Crippen LogP contribution is 2.32. The fraction of sp³-hybridized carbons (Fsp3) is 0.538. The zero-order valence-electron chi connectivity index (χ0n) is 10.5. The highest BCUT2D eigenvalue weighted by molar-refractivity contribution is 5.27. The van der Waals surface area contributed by atoms with Gasteiger partial charge in [0.2, 0.25) is 0 Å². The van der Waals surface area contributed by atoms with E-state index in [1.165, 1.54) is 12.1 Å². The second kappa shape index (κ2) is 4.35. The summed E-state index contributed by atoms with van der Waals surface area (Å²) in [6.07, 6.45) is 0. The molecule has 17 heavy (non-hydrogen) atoms. The molecule has 1 fully saturated rings. The smallest absolute Gasteiger partial charge is 0.128 e. The van der Waals surface area contributed by atoms with Crippen molar-refractivity contribution in [2.24, 2.45) is 0 Å². The molecule has 0 N–H and O–H groups in total. The summed E-state index contributed by atoms with van der Waals surface area (Å²) in [5.74, 6) is -0.722. The molecule has 1 atom stereocenters. The van der Waals surface area contributed by atoms with Gasteiger partial charge >= 0.3 is 0 Å². The van der Waals surface area contributed by atoms with Crippen molar-refractivity contribution < 1.29 is 8.78 Å². The summed E-state index contributed by atoms with van der Waals surface area (Å²) in [7, 11) is 3.96. The number of hydrogen-bond donors (Lipinski definition) is 0. The third kappa shape index (κ3) is 2.19. The fourth-order valence-corrected chi connectivity index (χ4v) is 2.49. The van der Waals surface area contributed by atoms with Crippen molar-refractivity contribution in [3.63, 3.8) is 0 Å². The van der Waals surface area contributed by atoms with Crippen LogP contribution in [0.5, 0.6) is 0 Å². The van der Waals surface area contributed by atoms with Crippen molar-refractivity contribution in [3.05, 3.63) is 35.4 Å². The van der Waals surface area contributed by atoms with Gasteiger partial charge in [0.1, 0.15) is 11.6 Å². The van der Waals surface area contributed by atoms with Gasteiger partial charge in [-0.3, -0.25) is 4.90 Å². The van der Waals surface area contributed by atoms with Gasteiger partial charge in [-0.25, -0.2) is 8.78 Å². The van der Waals surface area contributed by atoms with Crippen LogP contribution in [0.2, 0.25) is 0 Å². The lowest BCUT2D eigenvalue weighted by Crippen LogP contribution is -2.56. The predicted octanol–water partition coefficient (Wildman–Crippen LogP) is 2.06. The van der Waals surface area contributed by atoms with E-state index in [2.05, 4.69) is 9.80 Å². The normalized spacial score (nSPS) is 27.4. The molecular weight excluding hydrogens is 222 g/mol. The number of nitrogens with zero attached hydrogens (tertiary/aromatic N) is 2. The lowest BCUT2D eigenvalue weighted by atomic mass is 9.87. The van der Waals surface area contributed by atoms with E-state index in [4.69, 9.17) is 0 Å². The van der Waals surface area contributed by atoms with E-state index in [1.807, 2.05) is 21.0 Å². The minimum absolute atomic E-state index is 0.337. The Morgan fingerprint density at radius 2 is 1.88 bits per heavy atom. The summed E-state index contributed by atoms with van der Waals surface area (Å²) in [6.45, 7) is 4.45. The van der Waals surface area contributed by atoms with E-state index in [9.17, 15) is 8.78 Å². The number of piperazine rings is 1. The topological polar surface area (TPSA) is 6.48 Å². The number of halogens is 2. The van der Waals surface area contributed by atoms with Crippen LogP contribution in [-0.4, -0.2) is 43.5 Å². The van der Waals surface area contributed by atoms with Crippen LogP contribution in [-0.2, 0) is 5.54 Å². The fourth-order valence-electron chi connectivity index (χ4n) is 2.49. The van der Waals surface area contributed by atoms with Crippen molar-refractivity contribution >= 4 is 0 Å². The largest absolute Gasteiger partial charge is 0.303 e. The monoisotopic (exact) mass is 240 g/mol. The molecule has 1 aliphatic rings. The molecule has 0 aliphatic carbocycles. The van der Waals surface area contributed by atoms with E-state index >= 15 is 0 Å². The van der Waals surface area contributed by atoms with Crippen LogP contribution in [0.4, 0.5) is 8.78 Å². The van der Waals surface area contributed by atoms with Gasteiger partial charge in [-0.1, -0.05) is 0 Å². The van der Waals surface area contributed by atoms with Crippen molar-refractivity contribution in [1.82, 2.24) is 9.80 Å². The minimum atomic E-state index is -0.473. The van der Waals surface area contributed by atoms with E-state index < -0.39 is 5.54 Å². The molecule has 0 amide bonds. The van der Waals surface area contributed by atoms with Gasteiger partial charge in [0.25, 0.3) is 0 Å². The predicted molar refractivity (Wildman–Crippen MR) is 63.8 cm³/mol. The third-order valence-corrected chi connectivity index (χ3v) is 3.75. The van der Waals surface area contributed by atoms with Crippen molar-refractivity contribution in [1.29, 1.82) is 0 Å². The van der Waals surface area contributed by atoms with Crippen LogP contribution >= 0.6 is 0 Å². The molecule has 0 radical (unpaired) electrons. The maximum atomic E-state index is 13.9. The van der Waals surface area contributed by atoms with Crippen molar-refractivity contribution in [3.8, 4) is 0 Å². The van der Waals surface area contributed by atoms with Crippen molar-refractivity contribution in [2.75, 3.05) is 33.7 Å². The third-order valence-electron chi connectivity index (χ3n) is 3.75. The molecule has 4 heteroatoms. The van der Waals surface area contributed by atoms with Crippen molar-refractivity contribution in [2.45, 2.75) is 12.5 Å². The van der Waals surface area contributed by atoms with Crippen LogP contribution in [0.25, 0.3) is 0 Å². The molecule has 1 heterocycles. The van der Waals surface area contributed by atoms with Gasteiger partial charge < -0.3 is 4.90 Å². The lowest BCUT2D eigenvalue weighted by molar-refractivity contribution is 0.0352. The number of likely N-dealkylation sites (N-methyl/N-ethyl adjacent to an activating group) is 2. The highest BCUT2D eigenvalue weighted by Gasteiger charge is 2.38. The van der Waals surface area contributed by atoms with Crippen LogP contribution < -0.4 is 0 Å². The summed E-state index contributed by atoms with van der Waals surface area (Å²) in [5, 5.41) is 0. The molecule has 1 aromatic carbocycles. The van der Waals surface area contributed by atoms with Gasteiger partial charge in [-0.2, -0.15) is 0 Å². The SMILES string of the molecule is CN1CCN(C)C(C)(c2cc(F)ccc2F)C1. The summed E-state index contributed by atoms with van der Waals surface area (Å²) >= 11 is 0. The lowest BCUT2D eigenvalue weighted by Gasteiger charge is -2.46. The Hall–Kier alpha value is -1.00. The van der Waals surface area contributed by atoms with Crippen LogP contribution in [0, 0.1) is 11.6 Å². The molecule has 0 aromatic heterocycles. The second-order valence-corrected chi connectivity index (χ2v) is 5.06. The molecule has 2 nitrogen and oxygen atoms in total. The summed E-state index contributed by atoms with van der Waals surface area (Å²) < 4.78 is 27.2. The molecule has 2 rings (SSSR count). The Bertz CT molecular complexity index is 422. The first-order valence-corrected chi connectivity index (χ1v) is 5.79. The molecule has 94 valence electrons. The Morgan fingerprint density at radius 3 is 2.59 bits per heavy atom. The number of benzene rings is 1. The summed E-state index contributed by atoms with van der Waals surface area (Å²) in [4.78, 5) is 4.23. The van der Waals surface area contributed by atoms with E-state index in [1.54, 1.807) is 0 Å². The maximum absolute atomic E-state index is 13.9. The Morgan fingerprint density at radius 1 is 1.18 bits per heavy atom. The zero-order valence-corrected chi connectivity index (χ0v) is 10.5. The highest BCUT2D eigenvalue weighted by atomic mass is 19.1. The maximum Gasteiger partial charge on any atom is 0.128 e. The van der Waals surface area contributed by atoms with Gasteiger partial charge in [-0.05, 0) is 39.2 Å². The quantitative estimate of drug-likeness (QED) is 0.741. The van der Waals surface area contributed by atoms with Gasteiger partial charge in [0, 0.05) is 25.2 Å². The van der Waals surface area contributed by atoms with Crippen LogP contribution in [0.1, 0.15) is 12.5 Å². The molecule has 1 saturated heterocycles. The first-order valence-electron chi connectivity index (χ1n) is 5.79. The average Bonchev–Trinajstić information content (AvgIpc) is 2.27. The van der Waals surface area contributed by atoms with E-state index in [0.717, 1.165) is 19.2 Å².